The highest BCUT2D eigenvalue weighted by Crippen LogP contribution is 2.14. The maximum absolute atomic E-state index is 11.8. The molecule has 2 amide bonds. The third kappa shape index (κ3) is 4.58. The molecule has 1 aromatic heterocycles. The van der Waals surface area contributed by atoms with Crippen molar-refractivity contribution in [2.75, 3.05) is 17.2 Å². The summed E-state index contributed by atoms with van der Waals surface area (Å²) in [5, 5.41) is 13.1. The molecule has 8 nitrogen and oxygen atoms in total. The summed E-state index contributed by atoms with van der Waals surface area (Å²) in [5.41, 5.74) is 0.592. The average Bonchev–Trinajstić information content (AvgIpc) is 2.92. The molecule has 0 radical (unpaired) electrons. The fourth-order valence-corrected chi connectivity index (χ4v) is 2.21. The Balaban J connectivity index is 2.00. The lowest BCUT2D eigenvalue weighted by molar-refractivity contribution is -0.133. The minimum Gasteiger partial charge on any atom is -0.462 e. The van der Waals surface area contributed by atoms with Crippen LogP contribution >= 0.6 is 11.3 Å². The first kappa shape index (κ1) is 16.6. The molecule has 1 heterocycles. The molecule has 0 spiro atoms. The predicted molar refractivity (Wildman–Crippen MR) is 84.3 cm³/mol. The van der Waals surface area contributed by atoms with Crippen LogP contribution in [0.1, 0.15) is 22.3 Å². The summed E-state index contributed by atoms with van der Waals surface area (Å²) in [7, 11) is 0. The molecule has 0 unspecified atom stereocenters. The monoisotopic (exact) mass is 334 g/mol. The number of ether oxygens (including phenoxy) is 1. The number of hydrogen-bond acceptors (Lipinski definition) is 7. The summed E-state index contributed by atoms with van der Waals surface area (Å²) in [6.07, 6.45) is 0. The minimum atomic E-state index is -0.876. The lowest BCUT2D eigenvalue weighted by Gasteiger charge is -2.06. The van der Waals surface area contributed by atoms with Gasteiger partial charge >= 0.3 is 17.8 Å². The van der Waals surface area contributed by atoms with Gasteiger partial charge in [-0.25, -0.2) is 4.79 Å². The van der Waals surface area contributed by atoms with E-state index >= 15 is 0 Å². The second-order valence-corrected chi connectivity index (χ2v) is 5.52. The number of aryl methyl sites for hydroxylation is 1. The van der Waals surface area contributed by atoms with Crippen LogP contribution in [0.3, 0.4) is 0 Å². The molecular formula is C14H14N4O4S. The SMILES string of the molecule is CCOC(=O)c1cccc(NC(=O)C(=O)Nc2nnc(C)s2)c1. The number of nitrogens with zero attached hydrogens (tertiary/aromatic N) is 2. The Morgan fingerprint density at radius 1 is 1.17 bits per heavy atom. The molecular weight excluding hydrogens is 320 g/mol. The minimum absolute atomic E-state index is 0.239. The zero-order valence-electron chi connectivity index (χ0n) is 12.5. The van der Waals surface area contributed by atoms with Gasteiger partial charge in [-0.15, -0.1) is 10.2 Å². The molecule has 0 atom stereocenters. The molecule has 23 heavy (non-hydrogen) atoms. The van der Waals surface area contributed by atoms with Gasteiger partial charge in [0.25, 0.3) is 0 Å². The van der Waals surface area contributed by atoms with Crippen LogP contribution in [-0.2, 0) is 14.3 Å². The fourth-order valence-electron chi connectivity index (χ4n) is 1.63. The Labute approximate surface area is 135 Å². The number of benzene rings is 1. The highest BCUT2D eigenvalue weighted by Gasteiger charge is 2.16. The van der Waals surface area contributed by atoms with Gasteiger partial charge < -0.3 is 10.1 Å². The number of aromatic nitrogens is 2. The van der Waals surface area contributed by atoms with Crippen molar-refractivity contribution in [1.29, 1.82) is 0 Å². The molecule has 0 saturated heterocycles. The first-order valence-corrected chi connectivity index (χ1v) is 7.51. The Morgan fingerprint density at radius 3 is 2.57 bits per heavy atom. The number of amides is 2. The average molecular weight is 334 g/mol. The summed E-state index contributed by atoms with van der Waals surface area (Å²) in [4.78, 5) is 35.3. The number of carbonyl (C=O) groups excluding carboxylic acids is 3. The van der Waals surface area contributed by atoms with E-state index in [1.54, 1.807) is 32.0 Å². The first-order chi connectivity index (χ1) is 11.0. The quantitative estimate of drug-likeness (QED) is 0.649. The number of anilines is 2. The van der Waals surface area contributed by atoms with Crippen molar-refractivity contribution < 1.29 is 19.1 Å². The highest BCUT2D eigenvalue weighted by atomic mass is 32.1. The maximum Gasteiger partial charge on any atom is 0.338 e. The Kier molecular flexibility index (Phi) is 5.36. The highest BCUT2D eigenvalue weighted by molar-refractivity contribution is 7.15. The van der Waals surface area contributed by atoms with E-state index in [1.807, 2.05) is 0 Å². The van der Waals surface area contributed by atoms with E-state index in [2.05, 4.69) is 20.8 Å². The molecule has 1 aromatic carbocycles. The fraction of sp³-hybridized carbons (Fsp3) is 0.214. The molecule has 120 valence electrons. The molecule has 2 aromatic rings. The van der Waals surface area contributed by atoms with Gasteiger partial charge in [-0.2, -0.15) is 0 Å². The van der Waals surface area contributed by atoms with Crippen molar-refractivity contribution in [2.45, 2.75) is 13.8 Å². The van der Waals surface area contributed by atoms with Gasteiger partial charge in [0, 0.05) is 5.69 Å². The van der Waals surface area contributed by atoms with Crippen LogP contribution in [0.4, 0.5) is 10.8 Å². The number of hydrogen-bond donors (Lipinski definition) is 2. The van der Waals surface area contributed by atoms with Crippen LogP contribution in [-0.4, -0.2) is 34.6 Å². The van der Waals surface area contributed by atoms with E-state index in [9.17, 15) is 14.4 Å². The second-order valence-electron chi connectivity index (χ2n) is 4.34. The van der Waals surface area contributed by atoms with Crippen LogP contribution in [0.5, 0.6) is 0 Å². The van der Waals surface area contributed by atoms with E-state index in [4.69, 9.17) is 4.74 Å². The third-order valence-corrected chi connectivity index (χ3v) is 3.34. The van der Waals surface area contributed by atoms with Gasteiger partial charge in [-0.3, -0.25) is 14.9 Å². The van der Waals surface area contributed by atoms with E-state index in [1.165, 1.54) is 6.07 Å². The molecule has 2 N–H and O–H groups in total. The van der Waals surface area contributed by atoms with Gasteiger partial charge in [0.05, 0.1) is 12.2 Å². The molecule has 0 bridgehead atoms. The van der Waals surface area contributed by atoms with Crippen molar-refractivity contribution in [1.82, 2.24) is 10.2 Å². The lowest BCUT2D eigenvalue weighted by atomic mass is 10.2. The summed E-state index contributed by atoms with van der Waals surface area (Å²) in [6, 6.07) is 6.12. The maximum atomic E-state index is 11.8. The summed E-state index contributed by atoms with van der Waals surface area (Å²) >= 11 is 1.16. The van der Waals surface area contributed by atoms with Crippen LogP contribution < -0.4 is 10.6 Å². The Hall–Kier alpha value is -2.81. The van der Waals surface area contributed by atoms with Crippen molar-refractivity contribution in [2.24, 2.45) is 0 Å². The summed E-state index contributed by atoms with van der Waals surface area (Å²) in [6.45, 7) is 3.68. The molecule has 2 rings (SSSR count). The lowest BCUT2D eigenvalue weighted by Crippen LogP contribution is -2.29. The number of rotatable bonds is 4. The van der Waals surface area contributed by atoms with E-state index in [0.29, 0.717) is 10.7 Å². The van der Waals surface area contributed by atoms with Gasteiger partial charge in [0.2, 0.25) is 5.13 Å². The van der Waals surface area contributed by atoms with Crippen molar-refractivity contribution in [3.63, 3.8) is 0 Å². The topological polar surface area (TPSA) is 110 Å². The third-order valence-electron chi connectivity index (χ3n) is 2.58. The molecule has 0 aliphatic carbocycles. The van der Waals surface area contributed by atoms with E-state index < -0.39 is 17.8 Å². The number of nitrogens with one attached hydrogen (secondary N) is 2. The predicted octanol–water partition coefficient (Wildman–Crippen LogP) is 1.60. The van der Waals surface area contributed by atoms with Crippen molar-refractivity contribution in [3.05, 3.63) is 34.8 Å². The largest absolute Gasteiger partial charge is 0.462 e. The molecule has 0 saturated carbocycles. The van der Waals surface area contributed by atoms with Gasteiger partial charge in [0.15, 0.2) is 0 Å². The molecule has 0 fully saturated rings. The molecule has 0 aliphatic heterocycles. The van der Waals surface area contributed by atoms with Crippen molar-refractivity contribution in [3.8, 4) is 0 Å². The number of esters is 1. The van der Waals surface area contributed by atoms with E-state index in [-0.39, 0.29) is 17.3 Å². The van der Waals surface area contributed by atoms with Crippen LogP contribution in [0, 0.1) is 6.92 Å². The molecule has 0 aliphatic rings. The normalized spacial score (nSPS) is 10.0. The van der Waals surface area contributed by atoms with E-state index in [0.717, 1.165) is 11.3 Å². The first-order valence-electron chi connectivity index (χ1n) is 6.69. The number of carbonyl (C=O) groups is 3. The van der Waals surface area contributed by atoms with Gasteiger partial charge in [0.1, 0.15) is 5.01 Å². The summed E-state index contributed by atoms with van der Waals surface area (Å²) in [5.74, 6) is -2.25. The Bertz CT molecular complexity index is 744. The van der Waals surface area contributed by atoms with Crippen LogP contribution in [0.15, 0.2) is 24.3 Å². The summed E-state index contributed by atoms with van der Waals surface area (Å²) < 4.78 is 4.87. The van der Waals surface area contributed by atoms with Gasteiger partial charge in [-0.1, -0.05) is 17.4 Å². The smallest absolute Gasteiger partial charge is 0.338 e. The van der Waals surface area contributed by atoms with Crippen LogP contribution in [0.25, 0.3) is 0 Å². The standard InChI is InChI=1S/C14H14N4O4S/c1-3-22-13(21)9-5-4-6-10(7-9)15-11(19)12(20)16-14-18-17-8(2)23-14/h4-7H,3H2,1-2H3,(H,15,19)(H,16,18,20). The second kappa shape index (κ2) is 7.45. The van der Waals surface area contributed by atoms with Crippen molar-refractivity contribution >= 4 is 39.9 Å². The molecule has 9 heteroatoms. The van der Waals surface area contributed by atoms with Crippen LogP contribution in [0.2, 0.25) is 0 Å². The zero-order valence-corrected chi connectivity index (χ0v) is 13.3. The Morgan fingerprint density at radius 2 is 1.91 bits per heavy atom. The zero-order chi connectivity index (χ0) is 16.8. The van der Waals surface area contributed by atoms with Gasteiger partial charge in [-0.05, 0) is 32.0 Å².